The fraction of sp³-hybridized carbons (Fsp3) is 0.278. The van der Waals surface area contributed by atoms with Crippen LogP contribution in [0, 0.1) is 18.3 Å². The highest BCUT2D eigenvalue weighted by molar-refractivity contribution is 8.01. The third-order valence-electron chi connectivity index (χ3n) is 3.69. The molecule has 3 rings (SSSR count). The van der Waals surface area contributed by atoms with Gasteiger partial charge in [-0.25, -0.2) is 4.98 Å². The molecule has 27 heavy (non-hydrogen) atoms. The molecule has 1 atom stereocenters. The van der Waals surface area contributed by atoms with Crippen molar-refractivity contribution in [3.8, 4) is 6.07 Å². The average Bonchev–Trinajstić information content (AvgIpc) is 3.30. The molecule has 0 radical (unpaired) electrons. The van der Waals surface area contributed by atoms with Crippen LogP contribution in [0.25, 0.3) is 0 Å². The quantitative estimate of drug-likeness (QED) is 0.538. The van der Waals surface area contributed by atoms with Crippen molar-refractivity contribution >= 4 is 51.0 Å². The minimum atomic E-state index is -0.821. The number of anilines is 2. The third-order valence-corrected chi connectivity index (χ3v) is 6.71. The maximum absolute atomic E-state index is 12.4. The molecule has 1 N–H and O–H groups in total. The van der Waals surface area contributed by atoms with Crippen molar-refractivity contribution in [3.63, 3.8) is 0 Å². The van der Waals surface area contributed by atoms with Gasteiger partial charge in [0.2, 0.25) is 5.13 Å². The summed E-state index contributed by atoms with van der Waals surface area (Å²) in [7, 11) is 0. The Labute approximate surface area is 169 Å². The molecule has 0 aliphatic heterocycles. The highest BCUT2D eigenvalue weighted by atomic mass is 32.2. The normalized spacial score (nSPS) is 11.7. The van der Waals surface area contributed by atoms with Gasteiger partial charge in [0, 0.05) is 16.8 Å². The average molecular weight is 416 g/mol. The number of thiazole rings is 1. The second-order valence-electron chi connectivity index (χ2n) is 5.69. The molecule has 3 aromatic rings. The second-order valence-corrected chi connectivity index (χ2v) is 8.78. The van der Waals surface area contributed by atoms with Gasteiger partial charge in [0.1, 0.15) is 5.01 Å². The second kappa shape index (κ2) is 9.08. The molecule has 0 aliphatic rings. The lowest BCUT2D eigenvalue weighted by atomic mass is 10.1. The zero-order chi connectivity index (χ0) is 19.2. The molecule has 1 aromatic carbocycles. The maximum Gasteiger partial charge on any atom is 0.210 e. The Morgan fingerprint density at radius 2 is 2.11 bits per heavy atom. The van der Waals surface area contributed by atoms with Crippen LogP contribution in [-0.4, -0.2) is 26.7 Å². The molecule has 6 nitrogen and oxygen atoms in total. The van der Waals surface area contributed by atoms with Crippen LogP contribution >= 0.6 is 34.4 Å². The van der Waals surface area contributed by atoms with Crippen LogP contribution in [0.1, 0.15) is 29.1 Å². The van der Waals surface area contributed by atoms with Crippen molar-refractivity contribution in [2.75, 3.05) is 11.1 Å². The van der Waals surface area contributed by atoms with E-state index < -0.39 is 5.92 Å². The van der Waals surface area contributed by atoms with E-state index in [0.29, 0.717) is 14.5 Å². The molecular formula is C18H17N5OS3. The van der Waals surface area contributed by atoms with Crippen LogP contribution < -0.4 is 5.32 Å². The molecule has 2 aromatic heterocycles. The van der Waals surface area contributed by atoms with Gasteiger partial charge in [-0.05, 0) is 31.0 Å². The molecule has 0 amide bonds. The number of thioether (sulfide) groups is 1. The van der Waals surface area contributed by atoms with E-state index in [2.05, 4.69) is 45.6 Å². The predicted molar refractivity (Wildman–Crippen MR) is 110 cm³/mol. The van der Waals surface area contributed by atoms with E-state index in [1.54, 1.807) is 0 Å². The summed E-state index contributed by atoms with van der Waals surface area (Å²) < 4.78 is 0.683. The van der Waals surface area contributed by atoms with Crippen molar-refractivity contribution in [2.45, 2.75) is 30.5 Å². The van der Waals surface area contributed by atoms with Crippen molar-refractivity contribution < 1.29 is 4.79 Å². The molecule has 0 unspecified atom stereocenters. The van der Waals surface area contributed by atoms with Crippen LogP contribution in [0.15, 0.2) is 34.0 Å². The fourth-order valence-corrected chi connectivity index (χ4v) is 4.79. The summed E-state index contributed by atoms with van der Waals surface area (Å²) in [5.74, 6) is -0.827. The first-order valence-electron chi connectivity index (χ1n) is 8.25. The SMILES string of the molecule is CCc1ccc(Nc2nnc(SCC(=O)[C@H](C#N)c3nc(C)cs3)s2)cc1. The highest BCUT2D eigenvalue weighted by Gasteiger charge is 2.23. The summed E-state index contributed by atoms with van der Waals surface area (Å²) in [6.07, 6.45) is 0.998. The molecule has 0 aliphatic carbocycles. The summed E-state index contributed by atoms with van der Waals surface area (Å²) in [6, 6.07) is 10.2. The molecule has 0 saturated carbocycles. The fourth-order valence-electron chi connectivity index (χ4n) is 2.25. The Balaban J connectivity index is 1.57. The van der Waals surface area contributed by atoms with Gasteiger partial charge in [0.05, 0.1) is 11.8 Å². The summed E-state index contributed by atoms with van der Waals surface area (Å²) in [6.45, 7) is 3.96. The summed E-state index contributed by atoms with van der Waals surface area (Å²) in [4.78, 5) is 16.6. The monoisotopic (exact) mass is 415 g/mol. The zero-order valence-corrected chi connectivity index (χ0v) is 17.2. The van der Waals surface area contributed by atoms with Gasteiger partial charge in [-0.2, -0.15) is 5.26 Å². The number of carbonyl (C=O) groups excluding carboxylic acids is 1. The first kappa shape index (κ1) is 19.5. The number of benzene rings is 1. The zero-order valence-electron chi connectivity index (χ0n) is 14.8. The van der Waals surface area contributed by atoms with E-state index in [4.69, 9.17) is 0 Å². The van der Waals surface area contributed by atoms with Gasteiger partial charge in [0.15, 0.2) is 16.0 Å². The van der Waals surface area contributed by atoms with Crippen LogP contribution in [0.2, 0.25) is 0 Å². The minimum Gasteiger partial charge on any atom is -0.330 e. The van der Waals surface area contributed by atoms with Gasteiger partial charge >= 0.3 is 0 Å². The van der Waals surface area contributed by atoms with Crippen molar-refractivity contribution in [2.24, 2.45) is 0 Å². The Bertz CT molecular complexity index is 958. The Hall–Kier alpha value is -2.28. The number of nitrogens with one attached hydrogen (secondary N) is 1. The number of aryl methyl sites for hydroxylation is 2. The third kappa shape index (κ3) is 5.13. The van der Waals surface area contributed by atoms with E-state index in [1.165, 1.54) is 40.0 Å². The number of ketones is 1. The molecule has 0 fully saturated rings. The standard InChI is InChI=1S/C18H17N5OS3/c1-3-12-4-6-13(7-5-12)21-17-22-23-18(27-17)26-10-15(24)14(8-19)16-20-11(2)9-25-16/h4-7,9,14H,3,10H2,1-2H3,(H,21,22)/t14-/m0/s1. The highest BCUT2D eigenvalue weighted by Crippen LogP contribution is 2.29. The summed E-state index contributed by atoms with van der Waals surface area (Å²) in [5, 5.41) is 23.8. The Morgan fingerprint density at radius 1 is 1.33 bits per heavy atom. The van der Waals surface area contributed by atoms with Gasteiger partial charge < -0.3 is 5.32 Å². The molecular weight excluding hydrogens is 398 g/mol. The lowest BCUT2D eigenvalue weighted by Gasteiger charge is -2.03. The van der Waals surface area contributed by atoms with Gasteiger partial charge in [-0.3, -0.25) is 4.79 Å². The lowest BCUT2D eigenvalue weighted by molar-refractivity contribution is -0.116. The van der Waals surface area contributed by atoms with Crippen LogP contribution in [0.4, 0.5) is 10.8 Å². The molecule has 2 heterocycles. The smallest absolute Gasteiger partial charge is 0.210 e. The number of hydrogen-bond acceptors (Lipinski definition) is 9. The number of rotatable bonds is 8. The number of nitrogens with zero attached hydrogens (tertiary/aromatic N) is 4. The number of hydrogen-bond donors (Lipinski definition) is 1. The molecule has 0 bridgehead atoms. The number of carbonyl (C=O) groups is 1. The lowest BCUT2D eigenvalue weighted by Crippen LogP contribution is -2.13. The van der Waals surface area contributed by atoms with Crippen LogP contribution in [0.3, 0.4) is 0 Å². The topological polar surface area (TPSA) is 91.6 Å². The summed E-state index contributed by atoms with van der Waals surface area (Å²) in [5.41, 5.74) is 3.04. The number of Topliss-reactive ketones (excluding diaryl/α,β-unsaturated/α-hetero) is 1. The van der Waals surface area contributed by atoms with E-state index in [0.717, 1.165) is 17.8 Å². The van der Waals surface area contributed by atoms with E-state index in [9.17, 15) is 10.1 Å². The van der Waals surface area contributed by atoms with Crippen molar-refractivity contribution in [1.82, 2.24) is 15.2 Å². The van der Waals surface area contributed by atoms with Crippen molar-refractivity contribution in [3.05, 3.63) is 45.9 Å². The molecule has 9 heteroatoms. The number of aromatic nitrogens is 3. The van der Waals surface area contributed by atoms with Gasteiger partial charge in [-0.1, -0.05) is 42.2 Å². The molecule has 0 spiro atoms. The van der Waals surface area contributed by atoms with E-state index >= 15 is 0 Å². The summed E-state index contributed by atoms with van der Waals surface area (Å²) >= 11 is 4.01. The molecule has 0 saturated heterocycles. The predicted octanol–water partition coefficient (Wildman–Crippen LogP) is 4.58. The van der Waals surface area contributed by atoms with Gasteiger partial charge in [0.25, 0.3) is 0 Å². The maximum atomic E-state index is 12.4. The largest absolute Gasteiger partial charge is 0.330 e. The number of nitriles is 1. The van der Waals surface area contributed by atoms with Crippen molar-refractivity contribution in [1.29, 1.82) is 5.26 Å². The van der Waals surface area contributed by atoms with E-state index in [1.807, 2.05) is 24.4 Å². The minimum absolute atomic E-state index is 0.163. The Morgan fingerprint density at radius 3 is 2.74 bits per heavy atom. The van der Waals surface area contributed by atoms with Crippen LogP contribution in [0.5, 0.6) is 0 Å². The first-order chi connectivity index (χ1) is 13.1. The van der Waals surface area contributed by atoms with Crippen LogP contribution in [-0.2, 0) is 11.2 Å². The Kier molecular flexibility index (Phi) is 6.55. The first-order valence-corrected chi connectivity index (χ1v) is 10.9. The van der Waals surface area contributed by atoms with E-state index in [-0.39, 0.29) is 11.5 Å². The molecule has 138 valence electrons. The van der Waals surface area contributed by atoms with Gasteiger partial charge in [-0.15, -0.1) is 21.5 Å².